The lowest BCUT2D eigenvalue weighted by molar-refractivity contribution is -0.383. The Bertz CT molecular complexity index is 1190. The number of hydrogen-bond donors (Lipinski definition) is 0. The first-order valence-corrected chi connectivity index (χ1v) is 8.36. The van der Waals surface area contributed by atoms with E-state index in [-0.39, 0.29) is 33.3 Å². The van der Waals surface area contributed by atoms with Crippen molar-refractivity contribution in [1.29, 1.82) is 0 Å². The molecule has 0 unspecified atom stereocenters. The van der Waals surface area contributed by atoms with Crippen molar-refractivity contribution in [3.8, 4) is 0 Å². The molecular weight excluding hydrogens is 360 g/mol. The van der Waals surface area contributed by atoms with E-state index < -0.39 is 15.6 Å². The molecule has 4 rings (SSSR count). The van der Waals surface area contributed by atoms with Gasteiger partial charge in [0.25, 0.3) is 11.4 Å². The summed E-state index contributed by atoms with van der Waals surface area (Å²) in [6.45, 7) is 0. The molecule has 0 N–H and O–H groups in total. The fraction of sp³-hybridized carbons (Fsp3) is 0. The van der Waals surface area contributed by atoms with Gasteiger partial charge in [0.2, 0.25) is 0 Å². The average molecular weight is 372 g/mol. The highest BCUT2D eigenvalue weighted by molar-refractivity contribution is 6.23. The number of nitrogens with zero attached hydrogens (tertiary/aromatic N) is 2. The molecule has 136 valence electrons. The van der Waals surface area contributed by atoms with E-state index in [0.29, 0.717) is 10.8 Å². The van der Waals surface area contributed by atoms with Crippen molar-refractivity contribution in [1.82, 2.24) is 0 Å². The number of non-ortho nitro benzene ring substituents is 2. The zero-order valence-corrected chi connectivity index (χ0v) is 14.4. The van der Waals surface area contributed by atoms with Crippen LogP contribution < -0.4 is 0 Å². The fourth-order valence-corrected chi connectivity index (χ4v) is 3.47. The van der Waals surface area contributed by atoms with E-state index in [9.17, 15) is 25.0 Å². The first-order chi connectivity index (χ1) is 13.5. The van der Waals surface area contributed by atoms with Crippen molar-refractivity contribution in [3.63, 3.8) is 0 Å². The Morgan fingerprint density at radius 2 is 0.964 bits per heavy atom. The first-order valence-electron chi connectivity index (χ1n) is 8.36. The minimum absolute atomic E-state index is 0.135. The Morgan fingerprint density at radius 1 is 0.607 bits per heavy atom. The minimum Gasteiger partial charge on any atom is -0.289 e. The summed E-state index contributed by atoms with van der Waals surface area (Å²) in [4.78, 5) is 35.3. The van der Waals surface area contributed by atoms with Crippen LogP contribution >= 0.6 is 0 Å². The van der Waals surface area contributed by atoms with Crippen LogP contribution in [0.15, 0.2) is 72.8 Å². The second kappa shape index (κ2) is 6.55. The molecule has 7 heteroatoms. The Balaban J connectivity index is 2.05. The van der Waals surface area contributed by atoms with Crippen LogP contribution in [-0.2, 0) is 0 Å². The summed E-state index contributed by atoms with van der Waals surface area (Å²) < 4.78 is 0. The predicted octanol–water partition coefficient (Wildman–Crippen LogP) is 5.04. The second-order valence-corrected chi connectivity index (χ2v) is 6.20. The number of fused-ring (bicyclic) bond motifs is 2. The fourth-order valence-electron chi connectivity index (χ4n) is 3.47. The van der Waals surface area contributed by atoms with Gasteiger partial charge in [-0.1, -0.05) is 60.7 Å². The number of nitro groups is 2. The van der Waals surface area contributed by atoms with Gasteiger partial charge in [0.1, 0.15) is 0 Å². The summed E-state index contributed by atoms with van der Waals surface area (Å²) in [6.07, 6.45) is 0. The van der Waals surface area contributed by atoms with Gasteiger partial charge in [0.05, 0.1) is 20.6 Å². The van der Waals surface area contributed by atoms with E-state index in [1.165, 1.54) is 24.3 Å². The predicted molar refractivity (Wildman–Crippen MR) is 105 cm³/mol. The number of nitro benzene ring substituents is 2. The van der Waals surface area contributed by atoms with Gasteiger partial charge in [0, 0.05) is 23.3 Å². The van der Waals surface area contributed by atoms with Gasteiger partial charge in [-0.05, 0) is 10.8 Å². The van der Waals surface area contributed by atoms with Gasteiger partial charge in [-0.15, -0.1) is 0 Å². The van der Waals surface area contributed by atoms with E-state index in [1.807, 2.05) is 0 Å². The monoisotopic (exact) mass is 372 g/mol. The average Bonchev–Trinajstić information content (AvgIpc) is 2.71. The van der Waals surface area contributed by atoms with Crippen molar-refractivity contribution in [2.75, 3.05) is 0 Å². The molecule has 0 aliphatic rings. The maximum absolute atomic E-state index is 13.4. The molecule has 0 aliphatic carbocycles. The van der Waals surface area contributed by atoms with Crippen molar-refractivity contribution in [3.05, 3.63) is 104 Å². The minimum atomic E-state index is -0.537. The lowest BCUT2D eigenvalue weighted by Gasteiger charge is -2.09. The van der Waals surface area contributed by atoms with E-state index in [4.69, 9.17) is 0 Å². The largest absolute Gasteiger partial charge is 0.289 e. The molecule has 0 bridgehead atoms. The van der Waals surface area contributed by atoms with Crippen LogP contribution in [0.3, 0.4) is 0 Å². The zero-order valence-electron chi connectivity index (χ0n) is 14.4. The standard InChI is InChI=1S/C21H12N2O5/c24-21(15-9-1-5-13-7-3-11-17(19(13)15)22(25)26)16-10-2-6-14-8-4-12-18(20(14)16)23(27)28/h1-12H. The molecule has 0 saturated heterocycles. The van der Waals surface area contributed by atoms with E-state index in [1.54, 1.807) is 48.5 Å². The number of rotatable bonds is 4. The van der Waals surface area contributed by atoms with Gasteiger partial charge >= 0.3 is 0 Å². The van der Waals surface area contributed by atoms with Crippen molar-refractivity contribution in [2.45, 2.75) is 0 Å². The molecular formula is C21H12N2O5. The molecule has 0 fully saturated rings. The Hall–Kier alpha value is -4.13. The van der Waals surface area contributed by atoms with Gasteiger partial charge in [-0.3, -0.25) is 25.0 Å². The molecule has 0 heterocycles. The molecule has 0 amide bonds. The molecule has 0 atom stereocenters. The highest BCUT2D eigenvalue weighted by Crippen LogP contribution is 2.34. The van der Waals surface area contributed by atoms with Gasteiger partial charge in [-0.2, -0.15) is 0 Å². The molecule has 0 spiro atoms. The summed E-state index contributed by atoms with van der Waals surface area (Å²) >= 11 is 0. The second-order valence-electron chi connectivity index (χ2n) is 6.20. The van der Waals surface area contributed by atoms with Gasteiger partial charge < -0.3 is 0 Å². The molecule has 0 aliphatic heterocycles. The number of benzene rings is 4. The van der Waals surface area contributed by atoms with E-state index in [2.05, 4.69) is 0 Å². The maximum atomic E-state index is 13.4. The normalized spacial score (nSPS) is 10.9. The molecule has 28 heavy (non-hydrogen) atoms. The van der Waals surface area contributed by atoms with Crippen molar-refractivity contribution < 1.29 is 14.6 Å². The molecule has 4 aromatic rings. The number of carbonyl (C=O) groups excluding carboxylic acids is 1. The van der Waals surface area contributed by atoms with E-state index >= 15 is 0 Å². The smallest absolute Gasteiger partial charge is 0.277 e. The summed E-state index contributed by atoms with van der Waals surface area (Å²) in [7, 11) is 0. The number of hydrogen-bond acceptors (Lipinski definition) is 5. The lowest BCUT2D eigenvalue weighted by Crippen LogP contribution is -2.05. The first kappa shape index (κ1) is 17.3. The third kappa shape index (κ3) is 2.66. The van der Waals surface area contributed by atoms with Crippen LogP contribution in [0.5, 0.6) is 0 Å². The topological polar surface area (TPSA) is 103 Å². The van der Waals surface area contributed by atoms with Crippen LogP contribution in [0.25, 0.3) is 21.5 Å². The Morgan fingerprint density at radius 3 is 1.32 bits per heavy atom. The molecule has 0 saturated carbocycles. The highest BCUT2D eigenvalue weighted by Gasteiger charge is 2.24. The molecule has 0 radical (unpaired) electrons. The lowest BCUT2D eigenvalue weighted by atomic mass is 9.92. The Kier molecular flexibility index (Phi) is 4.04. The quantitative estimate of drug-likeness (QED) is 0.283. The zero-order chi connectivity index (χ0) is 19.8. The number of carbonyl (C=O) groups is 1. The van der Waals surface area contributed by atoms with Crippen LogP contribution in [0.1, 0.15) is 15.9 Å². The molecule has 0 aromatic heterocycles. The maximum Gasteiger partial charge on any atom is 0.277 e. The summed E-state index contributed by atoms with van der Waals surface area (Å²) in [5, 5.41) is 24.5. The highest BCUT2D eigenvalue weighted by atomic mass is 16.6. The number of ketones is 1. The summed E-state index contributed by atoms with van der Waals surface area (Å²) in [5.41, 5.74) is -0.0988. The summed E-state index contributed by atoms with van der Waals surface area (Å²) in [6, 6.07) is 18.8. The van der Waals surface area contributed by atoms with Gasteiger partial charge in [0.15, 0.2) is 5.78 Å². The molecule has 7 nitrogen and oxygen atoms in total. The van der Waals surface area contributed by atoms with E-state index in [0.717, 1.165) is 0 Å². The van der Waals surface area contributed by atoms with Crippen LogP contribution in [-0.4, -0.2) is 15.6 Å². The summed E-state index contributed by atoms with van der Waals surface area (Å²) in [5.74, 6) is -0.500. The molecule has 4 aromatic carbocycles. The van der Waals surface area contributed by atoms with Crippen LogP contribution in [0, 0.1) is 20.2 Å². The van der Waals surface area contributed by atoms with Crippen molar-refractivity contribution in [2.24, 2.45) is 0 Å². The van der Waals surface area contributed by atoms with Crippen LogP contribution in [0.4, 0.5) is 11.4 Å². The van der Waals surface area contributed by atoms with Crippen molar-refractivity contribution >= 4 is 38.7 Å². The SMILES string of the molecule is O=C(c1cccc2cccc([N+](=O)[O-])c12)c1cccc2cccc([N+](=O)[O-])c12. The third-order valence-corrected chi connectivity index (χ3v) is 4.65. The Labute approximate surface area is 158 Å². The third-order valence-electron chi connectivity index (χ3n) is 4.65. The van der Waals surface area contributed by atoms with Gasteiger partial charge in [-0.25, -0.2) is 0 Å². The van der Waals surface area contributed by atoms with Crippen LogP contribution in [0.2, 0.25) is 0 Å².